The molecule has 0 N–H and O–H groups in total. The number of pyridine rings is 1. The van der Waals surface area contributed by atoms with Gasteiger partial charge in [-0.05, 0) is 18.1 Å². The Morgan fingerprint density at radius 3 is 2.68 bits per heavy atom. The first-order chi connectivity index (χ1) is 10.5. The Bertz CT molecular complexity index is 676. The third-order valence-corrected chi connectivity index (χ3v) is 2.94. The molecule has 1 heterocycles. The molecule has 0 amide bonds. The molecule has 2 rings (SSSR count). The smallest absolute Gasteiger partial charge is 0.232 e. The highest BCUT2D eigenvalue weighted by molar-refractivity contribution is 6.31. The summed E-state index contributed by atoms with van der Waals surface area (Å²) in [5.74, 6) is 0.624. The summed E-state index contributed by atoms with van der Waals surface area (Å²) in [5, 5.41) is 0.308. The van der Waals surface area contributed by atoms with Crippen molar-refractivity contribution < 1.29 is 18.7 Å². The van der Waals surface area contributed by atoms with Gasteiger partial charge in [0.2, 0.25) is 5.88 Å². The molecule has 22 heavy (non-hydrogen) atoms. The van der Waals surface area contributed by atoms with Gasteiger partial charge in [-0.2, -0.15) is 0 Å². The maximum absolute atomic E-state index is 13.5. The van der Waals surface area contributed by atoms with Crippen LogP contribution >= 0.6 is 11.6 Å². The van der Waals surface area contributed by atoms with E-state index in [1.165, 1.54) is 24.4 Å². The van der Waals surface area contributed by atoms with E-state index in [-0.39, 0.29) is 11.3 Å². The van der Waals surface area contributed by atoms with Gasteiger partial charge in [-0.15, -0.1) is 0 Å². The molecule has 116 valence electrons. The lowest BCUT2D eigenvalue weighted by molar-refractivity contribution is 0.112. The van der Waals surface area contributed by atoms with E-state index in [9.17, 15) is 9.18 Å². The molecule has 1 aromatic carbocycles. The molecule has 0 fully saturated rings. The van der Waals surface area contributed by atoms with Crippen LogP contribution in [0.5, 0.6) is 17.4 Å². The van der Waals surface area contributed by atoms with Crippen molar-refractivity contribution in [3.05, 3.63) is 46.9 Å². The minimum absolute atomic E-state index is 0.0269. The zero-order chi connectivity index (χ0) is 16.1. The van der Waals surface area contributed by atoms with Crippen LogP contribution in [0, 0.1) is 11.7 Å². The molecule has 0 spiro atoms. The topological polar surface area (TPSA) is 48.4 Å². The summed E-state index contributed by atoms with van der Waals surface area (Å²) in [6, 6.07) is 5.49. The minimum atomic E-state index is -0.650. The number of halogens is 2. The van der Waals surface area contributed by atoms with E-state index in [2.05, 4.69) is 4.98 Å². The zero-order valence-corrected chi connectivity index (χ0v) is 12.9. The fourth-order valence-electron chi connectivity index (χ4n) is 1.62. The van der Waals surface area contributed by atoms with Gasteiger partial charge in [-0.1, -0.05) is 25.4 Å². The minimum Gasteiger partial charge on any atom is -0.476 e. The molecule has 0 saturated heterocycles. The van der Waals surface area contributed by atoms with E-state index < -0.39 is 5.82 Å². The summed E-state index contributed by atoms with van der Waals surface area (Å²) >= 11 is 6.07. The summed E-state index contributed by atoms with van der Waals surface area (Å²) in [7, 11) is 0. The van der Waals surface area contributed by atoms with Gasteiger partial charge in [0.1, 0.15) is 22.3 Å². The Balaban J connectivity index is 2.12. The molecule has 0 bridgehead atoms. The maximum Gasteiger partial charge on any atom is 0.232 e. The summed E-state index contributed by atoms with van der Waals surface area (Å²) in [5.41, 5.74) is -0.0269. The summed E-state index contributed by atoms with van der Waals surface area (Å²) in [6.07, 6.45) is 1.88. The third-order valence-electron chi connectivity index (χ3n) is 2.67. The lowest BCUT2D eigenvalue weighted by Gasteiger charge is -2.11. The molecular weight excluding hydrogens is 309 g/mol. The van der Waals surface area contributed by atoms with E-state index in [0.29, 0.717) is 35.5 Å². The van der Waals surface area contributed by atoms with Gasteiger partial charge in [0.05, 0.1) is 18.4 Å². The number of carbonyl (C=O) groups excluding carboxylic acids is 1. The van der Waals surface area contributed by atoms with Crippen LogP contribution < -0.4 is 9.47 Å². The fourth-order valence-corrected chi connectivity index (χ4v) is 1.83. The SMILES string of the molecule is CC(C)COc1ncc(Oc2ccc(C=O)c(F)c2)cc1Cl. The van der Waals surface area contributed by atoms with E-state index in [1.807, 2.05) is 13.8 Å². The number of carbonyl (C=O) groups is 1. The van der Waals surface area contributed by atoms with Crippen LogP contribution in [0.15, 0.2) is 30.5 Å². The normalized spacial score (nSPS) is 10.6. The van der Waals surface area contributed by atoms with E-state index in [4.69, 9.17) is 21.1 Å². The van der Waals surface area contributed by atoms with Crippen LogP contribution in [-0.2, 0) is 0 Å². The summed E-state index contributed by atoms with van der Waals surface area (Å²) < 4.78 is 24.4. The van der Waals surface area contributed by atoms with Crippen molar-refractivity contribution in [3.8, 4) is 17.4 Å². The van der Waals surface area contributed by atoms with Crippen molar-refractivity contribution in [2.45, 2.75) is 13.8 Å². The van der Waals surface area contributed by atoms with Crippen LogP contribution in [0.1, 0.15) is 24.2 Å². The number of hydrogen-bond donors (Lipinski definition) is 0. The molecule has 6 heteroatoms. The molecule has 0 saturated carbocycles. The fraction of sp³-hybridized carbons (Fsp3) is 0.250. The predicted molar refractivity (Wildman–Crippen MR) is 81.4 cm³/mol. The highest BCUT2D eigenvalue weighted by Crippen LogP contribution is 2.29. The molecule has 0 aliphatic heterocycles. The number of aromatic nitrogens is 1. The average Bonchev–Trinajstić information content (AvgIpc) is 2.46. The van der Waals surface area contributed by atoms with E-state index in [1.54, 1.807) is 0 Å². The summed E-state index contributed by atoms with van der Waals surface area (Å²) in [4.78, 5) is 14.6. The average molecular weight is 324 g/mol. The van der Waals surface area contributed by atoms with Crippen LogP contribution in [0.25, 0.3) is 0 Å². The lowest BCUT2D eigenvalue weighted by Crippen LogP contribution is -2.06. The van der Waals surface area contributed by atoms with Crippen molar-refractivity contribution in [2.24, 2.45) is 5.92 Å². The van der Waals surface area contributed by atoms with E-state index >= 15 is 0 Å². The molecular formula is C16H15ClFNO3. The van der Waals surface area contributed by atoms with Crippen LogP contribution in [-0.4, -0.2) is 17.9 Å². The van der Waals surface area contributed by atoms with Gasteiger partial charge in [-0.3, -0.25) is 4.79 Å². The molecule has 4 nitrogen and oxygen atoms in total. The Kier molecular flexibility index (Phi) is 5.33. The molecule has 1 aromatic heterocycles. The molecule has 0 aliphatic carbocycles. The standard InChI is InChI=1S/C16H15ClFNO3/c1-10(2)9-21-16-14(17)5-13(7-19-16)22-12-4-3-11(8-20)15(18)6-12/h3-8,10H,9H2,1-2H3. The van der Waals surface area contributed by atoms with Gasteiger partial charge in [0.25, 0.3) is 0 Å². The predicted octanol–water partition coefficient (Wildman–Crippen LogP) is 4.51. The number of ether oxygens (including phenoxy) is 2. The second-order valence-corrected chi connectivity index (χ2v) is 5.47. The van der Waals surface area contributed by atoms with Crippen molar-refractivity contribution in [2.75, 3.05) is 6.61 Å². The first-order valence-electron chi connectivity index (χ1n) is 6.70. The lowest BCUT2D eigenvalue weighted by atomic mass is 10.2. The number of rotatable bonds is 6. The maximum atomic E-state index is 13.5. The first kappa shape index (κ1) is 16.2. The molecule has 0 aliphatic rings. The second-order valence-electron chi connectivity index (χ2n) is 5.07. The van der Waals surface area contributed by atoms with Crippen molar-refractivity contribution in [1.82, 2.24) is 4.98 Å². The quantitative estimate of drug-likeness (QED) is 0.734. The van der Waals surface area contributed by atoms with Gasteiger partial charge < -0.3 is 9.47 Å². The Labute approximate surface area is 132 Å². The number of benzene rings is 1. The zero-order valence-electron chi connectivity index (χ0n) is 12.2. The molecule has 0 unspecified atom stereocenters. The van der Waals surface area contributed by atoms with Gasteiger partial charge in [0, 0.05) is 12.1 Å². The first-order valence-corrected chi connectivity index (χ1v) is 7.08. The van der Waals surface area contributed by atoms with Crippen LogP contribution in [0.4, 0.5) is 4.39 Å². The van der Waals surface area contributed by atoms with Crippen LogP contribution in [0.3, 0.4) is 0 Å². The third kappa shape index (κ3) is 4.18. The Hall–Kier alpha value is -2.14. The number of nitrogens with zero attached hydrogens (tertiary/aromatic N) is 1. The Morgan fingerprint density at radius 2 is 2.09 bits per heavy atom. The highest BCUT2D eigenvalue weighted by atomic mass is 35.5. The van der Waals surface area contributed by atoms with Crippen molar-refractivity contribution in [3.63, 3.8) is 0 Å². The molecule has 0 radical (unpaired) electrons. The molecule has 0 atom stereocenters. The molecule has 2 aromatic rings. The highest BCUT2D eigenvalue weighted by Gasteiger charge is 2.09. The summed E-state index contributed by atoms with van der Waals surface area (Å²) in [6.45, 7) is 4.54. The monoisotopic (exact) mass is 323 g/mol. The van der Waals surface area contributed by atoms with Crippen molar-refractivity contribution in [1.29, 1.82) is 0 Å². The number of hydrogen-bond acceptors (Lipinski definition) is 4. The number of aldehydes is 1. The second kappa shape index (κ2) is 7.22. The van der Waals surface area contributed by atoms with Gasteiger partial charge in [-0.25, -0.2) is 9.37 Å². The van der Waals surface area contributed by atoms with E-state index in [0.717, 1.165) is 6.07 Å². The van der Waals surface area contributed by atoms with Gasteiger partial charge >= 0.3 is 0 Å². The Morgan fingerprint density at radius 1 is 1.32 bits per heavy atom. The van der Waals surface area contributed by atoms with Gasteiger partial charge in [0.15, 0.2) is 6.29 Å². The largest absolute Gasteiger partial charge is 0.476 e. The van der Waals surface area contributed by atoms with Crippen LogP contribution in [0.2, 0.25) is 5.02 Å². The van der Waals surface area contributed by atoms with Crippen molar-refractivity contribution >= 4 is 17.9 Å².